The largest absolute Gasteiger partial charge is 0.330 e. The molecule has 2 nitrogen and oxygen atoms in total. The van der Waals surface area contributed by atoms with Gasteiger partial charge in [-0.05, 0) is 50.4 Å². The van der Waals surface area contributed by atoms with Crippen molar-refractivity contribution in [1.29, 1.82) is 0 Å². The minimum atomic E-state index is 0.165. The molecule has 0 aromatic heterocycles. The van der Waals surface area contributed by atoms with E-state index in [0.29, 0.717) is 5.92 Å². The van der Waals surface area contributed by atoms with Crippen molar-refractivity contribution in [2.24, 2.45) is 11.7 Å². The lowest BCUT2D eigenvalue weighted by Gasteiger charge is -2.28. The molecule has 1 aromatic carbocycles. The Balaban J connectivity index is 2.62. The van der Waals surface area contributed by atoms with Crippen LogP contribution in [-0.4, -0.2) is 19.6 Å². The van der Waals surface area contributed by atoms with Crippen molar-refractivity contribution in [1.82, 2.24) is 5.32 Å². The van der Waals surface area contributed by atoms with Crippen LogP contribution in [0.25, 0.3) is 0 Å². The maximum Gasteiger partial charge on any atom is 0.00434 e. The summed E-state index contributed by atoms with van der Waals surface area (Å²) in [6, 6.07) is 6.73. The summed E-state index contributed by atoms with van der Waals surface area (Å²) in [6.07, 6.45) is 1.09. The highest BCUT2D eigenvalue weighted by Crippen LogP contribution is 2.26. The second kappa shape index (κ2) is 7.06. The number of nitrogens with two attached hydrogens (primary N) is 1. The first-order valence-electron chi connectivity index (χ1n) is 7.35. The van der Waals surface area contributed by atoms with Crippen LogP contribution in [0, 0.1) is 19.8 Å². The normalized spacial score (nSPS) is 13.6. The second-order valence-electron chi connectivity index (χ2n) is 6.52. The predicted molar refractivity (Wildman–Crippen MR) is 84.6 cm³/mol. The molecular weight excluding hydrogens is 232 g/mol. The third-order valence-electron chi connectivity index (χ3n) is 3.84. The summed E-state index contributed by atoms with van der Waals surface area (Å²) in [5.74, 6) is 0.652. The van der Waals surface area contributed by atoms with Crippen molar-refractivity contribution < 1.29 is 0 Å². The van der Waals surface area contributed by atoms with Gasteiger partial charge in [0.1, 0.15) is 0 Å². The summed E-state index contributed by atoms with van der Waals surface area (Å²) in [5, 5.41) is 3.60. The first-order valence-corrected chi connectivity index (χ1v) is 7.35. The summed E-state index contributed by atoms with van der Waals surface area (Å²) in [4.78, 5) is 0. The number of rotatable bonds is 7. The third kappa shape index (κ3) is 4.96. The van der Waals surface area contributed by atoms with Crippen LogP contribution in [0.15, 0.2) is 18.2 Å². The van der Waals surface area contributed by atoms with Crippen molar-refractivity contribution >= 4 is 0 Å². The minimum absolute atomic E-state index is 0.165. The molecule has 0 heterocycles. The van der Waals surface area contributed by atoms with Crippen LogP contribution in [0.1, 0.15) is 43.9 Å². The van der Waals surface area contributed by atoms with E-state index in [9.17, 15) is 0 Å². The predicted octanol–water partition coefficient (Wildman–Crippen LogP) is 3.16. The van der Waals surface area contributed by atoms with Crippen LogP contribution in [0.3, 0.4) is 0 Å². The summed E-state index contributed by atoms with van der Waals surface area (Å²) in [6.45, 7) is 14.1. The summed E-state index contributed by atoms with van der Waals surface area (Å²) in [7, 11) is 0. The van der Waals surface area contributed by atoms with E-state index >= 15 is 0 Å². The third-order valence-corrected chi connectivity index (χ3v) is 3.84. The molecule has 0 fully saturated rings. The lowest BCUT2D eigenvalue weighted by atomic mass is 9.81. The molecule has 3 N–H and O–H groups in total. The van der Waals surface area contributed by atoms with Crippen LogP contribution in [0.5, 0.6) is 0 Å². The number of nitrogens with one attached hydrogen (secondary N) is 1. The summed E-state index contributed by atoms with van der Waals surface area (Å²) < 4.78 is 0. The van der Waals surface area contributed by atoms with E-state index in [2.05, 4.69) is 58.1 Å². The molecule has 0 saturated carbocycles. The molecule has 0 aliphatic rings. The average molecular weight is 262 g/mol. The molecule has 0 aliphatic heterocycles. The van der Waals surface area contributed by atoms with Gasteiger partial charge in [-0.15, -0.1) is 0 Å². The molecule has 0 radical (unpaired) electrons. The quantitative estimate of drug-likeness (QED) is 0.792. The fourth-order valence-electron chi connectivity index (χ4n) is 2.58. The zero-order valence-electron chi connectivity index (χ0n) is 13.2. The number of benzene rings is 1. The monoisotopic (exact) mass is 262 g/mol. The molecular formula is C17H30N2. The van der Waals surface area contributed by atoms with Crippen molar-refractivity contribution in [2.75, 3.05) is 19.6 Å². The Kier molecular flexibility index (Phi) is 6.02. The maximum atomic E-state index is 5.59. The van der Waals surface area contributed by atoms with Gasteiger partial charge in [-0.25, -0.2) is 0 Å². The van der Waals surface area contributed by atoms with Crippen molar-refractivity contribution in [3.8, 4) is 0 Å². The molecule has 1 rings (SSSR count). The van der Waals surface area contributed by atoms with Crippen molar-refractivity contribution in [3.63, 3.8) is 0 Å². The first kappa shape index (κ1) is 16.2. The Morgan fingerprint density at radius 3 is 2.58 bits per heavy atom. The lowest BCUT2D eigenvalue weighted by molar-refractivity contribution is 0.421. The zero-order valence-corrected chi connectivity index (χ0v) is 13.2. The molecule has 2 heteroatoms. The van der Waals surface area contributed by atoms with Gasteiger partial charge in [0.2, 0.25) is 0 Å². The van der Waals surface area contributed by atoms with Crippen molar-refractivity contribution in [2.45, 2.75) is 46.5 Å². The zero-order chi connectivity index (χ0) is 14.5. The molecule has 0 saturated heterocycles. The molecule has 1 unspecified atom stereocenters. The Morgan fingerprint density at radius 1 is 1.26 bits per heavy atom. The van der Waals surface area contributed by atoms with Gasteiger partial charge in [-0.3, -0.25) is 0 Å². The molecule has 0 bridgehead atoms. The van der Waals surface area contributed by atoms with Gasteiger partial charge in [-0.1, -0.05) is 44.5 Å². The Labute approximate surface area is 118 Å². The lowest BCUT2D eigenvalue weighted by Crippen LogP contribution is -2.36. The van der Waals surface area contributed by atoms with Gasteiger partial charge in [0.15, 0.2) is 0 Å². The smallest absolute Gasteiger partial charge is 0.00434 e. The average Bonchev–Trinajstić information content (AvgIpc) is 2.32. The Morgan fingerprint density at radius 2 is 1.95 bits per heavy atom. The topological polar surface area (TPSA) is 38.0 Å². The highest BCUT2D eigenvalue weighted by atomic mass is 14.9. The van der Waals surface area contributed by atoms with E-state index in [1.54, 1.807) is 0 Å². The summed E-state index contributed by atoms with van der Waals surface area (Å²) >= 11 is 0. The van der Waals surface area contributed by atoms with Crippen LogP contribution in [-0.2, 0) is 5.41 Å². The number of hydrogen-bond acceptors (Lipinski definition) is 2. The van der Waals surface area contributed by atoms with Gasteiger partial charge in [0, 0.05) is 12.0 Å². The SMILES string of the molecule is Cc1ccc(C)c(C(C)(C)CNCC(C)CCN)c1. The molecule has 19 heavy (non-hydrogen) atoms. The molecule has 1 aromatic rings. The van der Waals surface area contributed by atoms with E-state index in [1.807, 2.05) is 0 Å². The van der Waals surface area contributed by atoms with Gasteiger partial charge in [0.25, 0.3) is 0 Å². The van der Waals surface area contributed by atoms with E-state index in [1.165, 1.54) is 16.7 Å². The fourth-order valence-corrected chi connectivity index (χ4v) is 2.58. The molecule has 0 aliphatic carbocycles. The van der Waals surface area contributed by atoms with E-state index in [0.717, 1.165) is 26.1 Å². The van der Waals surface area contributed by atoms with Gasteiger partial charge < -0.3 is 11.1 Å². The molecule has 0 spiro atoms. The first-order chi connectivity index (χ1) is 8.86. The fraction of sp³-hybridized carbons (Fsp3) is 0.647. The van der Waals surface area contributed by atoms with Crippen LogP contribution < -0.4 is 11.1 Å². The Hall–Kier alpha value is -0.860. The van der Waals surface area contributed by atoms with Crippen LogP contribution >= 0.6 is 0 Å². The van der Waals surface area contributed by atoms with Gasteiger partial charge in [-0.2, -0.15) is 0 Å². The summed E-state index contributed by atoms with van der Waals surface area (Å²) in [5.41, 5.74) is 9.92. The number of hydrogen-bond donors (Lipinski definition) is 2. The van der Waals surface area contributed by atoms with Crippen molar-refractivity contribution in [3.05, 3.63) is 34.9 Å². The number of aryl methyl sites for hydroxylation is 2. The highest BCUT2D eigenvalue weighted by Gasteiger charge is 2.22. The Bertz CT molecular complexity index is 396. The van der Waals surface area contributed by atoms with E-state index in [4.69, 9.17) is 5.73 Å². The minimum Gasteiger partial charge on any atom is -0.330 e. The standard InChI is InChI=1S/C17H30N2/c1-13-6-7-15(3)16(10-13)17(4,5)12-19-11-14(2)8-9-18/h6-7,10,14,19H,8-9,11-12,18H2,1-5H3. The van der Waals surface area contributed by atoms with E-state index in [-0.39, 0.29) is 5.41 Å². The molecule has 108 valence electrons. The van der Waals surface area contributed by atoms with Gasteiger partial charge >= 0.3 is 0 Å². The maximum absolute atomic E-state index is 5.59. The van der Waals surface area contributed by atoms with Gasteiger partial charge in [0.05, 0.1) is 0 Å². The van der Waals surface area contributed by atoms with Crippen LogP contribution in [0.4, 0.5) is 0 Å². The second-order valence-corrected chi connectivity index (χ2v) is 6.52. The molecule has 0 amide bonds. The highest BCUT2D eigenvalue weighted by molar-refractivity contribution is 5.36. The van der Waals surface area contributed by atoms with E-state index < -0.39 is 0 Å². The molecule has 1 atom stereocenters. The van der Waals surface area contributed by atoms with Crippen LogP contribution in [0.2, 0.25) is 0 Å².